The van der Waals surface area contributed by atoms with Gasteiger partial charge in [-0.05, 0) is 33.8 Å². The van der Waals surface area contributed by atoms with Gasteiger partial charge in [-0.25, -0.2) is 4.39 Å². The van der Waals surface area contributed by atoms with E-state index in [0.717, 1.165) is 0 Å². The molecule has 0 atom stereocenters. The van der Waals surface area contributed by atoms with Gasteiger partial charge in [-0.1, -0.05) is 17.7 Å². The van der Waals surface area contributed by atoms with Gasteiger partial charge >= 0.3 is 7.12 Å². The average molecular weight is 300 g/mol. The lowest BCUT2D eigenvalue weighted by molar-refractivity contribution is 0.00578. The summed E-state index contributed by atoms with van der Waals surface area (Å²) < 4.78 is 26.4. The Bertz CT molecular complexity index is 518. The smallest absolute Gasteiger partial charge is 0.399 e. The van der Waals surface area contributed by atoms with Crippen LogP contribution in [0.15, 0.2) is 12.1 Å². The maximum atomic E-state index is 14.7. The van der Waals surface area contributed by atoms with Gasteiger partial charge in [-0.2, -0.15) is 0 Å². The van der Waals surface area contributed by atoms with Crippen molar-refractivity contribution in [3.05, 3.63) is 23.0 Å². The molecule has 1 aliphatic heterocycles. The van der Waals surface area contributed by atoms with Crippen LogP contribution in [0.3, 0.4) is 0 Å². The van der Waals surface area contributed by atoms with Gasteiger partial charge in [0.25, 0.3) is 0 Å². The van der Waals surface area contributed by atoms with E-state index in [0.29, 0.717) is 16.2 Å². The molecular formula is C14H20BClFNO2. The van der Waals surface area contributed by atoms with Crippen molar-refractivity contribution >= 4 is 29.9 Å². The zero-order valence-corrected chi connectivity index (χ0v) is 13.5. The molecule has 0 aromatic heterocycles. The first-order valence-electron chi connectivity index (χ1n) is 6.58. The monoisotopic (exact) mass is 299 g/mol. The standard InChI is InChI=1S/C14H20BClFNO2/c1-13(2)14(3,4)20-15(19-13)9-7-8-10(16)12(11(9)17)18(5)6/h7-8H,1-6H3. The molecule has 3 nitrogen and oxygen atoms in total. The van der Waals surface area contributed by atoms with Gasteiger partial charge in [0.05, 0.1) is 21.9 Å². The fourth-order valence-corrected chi connectivity index (χ4v) is 2.43. The zero-order chi connectivity index (χ0) is 15.3. The largest absolute Gasteiger partial charge is 0.497 e. The number of hydrogen-bond donors (Lipinski definition) is 0. The highest BCUT2D eigenvalue weighted by Gasteiger charge is 2.52. The Morgan fingerprint density at radius 1 is 1.10 bits per heavy atom. The van der Waals surface area contributed by atoms with Crippen molar-refractivity contribution in [2.45, 2.75) is 38.9 Å². The van der Waals surface area contributed by atoms with Crippen molar-refractivity contribution in [3.63, 3.8) is 0 Å². The van der Waals surface area contributed by atoms with Gasteiger partial charge in [0, 0.05) is 19.6 Å². The molecule has 1 saturated heterocycles. The fraction of sp³-hybridized carbons (Fsp3) is 0.571. The third kappa shape index (κ3) is 2.43. The molecule has 6 heteroatoms. The van der Waals surface area contributed by atoms with Gasteiger partial charge in [0.1, 0.15) is 5.82 Å². The van der Waals surface area contributed by atoms with Crippen LogP contribution in [0.1, 0.15) is 27.7 Å². The molecule has 1 heterocycles. The minimum absolute atomic E-state index is 0.346. The summed E-state index contributed by atoms with van der Waals surface area (Å²) >= 11 is 6.05. The summed E-state index contributed by atoms with van der Waals surface area (Å²) in [5.41, 5.74) is -0.278. The third-order valence-electron chi connectivity index (χ3n) is 4.05. The predicted octanol–water partition coefficient (Wildman–Crippen LogP) is 2.84. The first-order chi connectivity index (χ1) is 9.07. The number of halogens is 2. The number of hydrogen-bond acceptors (Lipinski definition) is 3. The van der Waals surface area contributed by atoms with E-state index in [-0.39, 0.29) is 0 Å². The van der Waals surface area contributed by atoms with E-state index in [9.17, 15) is 4.39 Å². The third-order valence-corrected chi connectivity index (χ3v) is 4.36. The molecule has 0 radical (unpaired) electrons. The lowest BCUT2D eigenvalue weighted by Crippen LogP contribution is -2.41. The van der Waals surface area contributed by atoms with Gasteiger partial charge in [0.15, 0.2) is 0 Å². The van der Waals surface area contributed by atoms with Crippen LogP contribution in [0.5, 0.6) is 0 Å². The molecule has 0 spiro atoms. The second-order valence-corrected chi connectivity index (χ2v) is 6.69. The number of anilines is 1. The molecule has 110 valence electrons. The summed E-state index contributed by atoms with van der Waals surface area (Å²) in [4.78, 5) is 1.65. The van der Waals surface area contributed by atoms with Crippen LogP contribution in [0, 0.1) is 5.82 Å². The number of rotatable bonds is 2. The van der Waals surface area contributed by atoms with Crippen LogP contribution in [-0.2, 0) is 9.31 Å². The van der Waals surface area contributed by atoms with Crippen LogP contribution >= 0.6 is 11.6 Å². The molecule has 0 bridgehead atoms. The average Bonchev–Trinajstić information content (AvgIpc) is 2.47. The van der Waals surface area contributed by atoms with Crippen molar-refractivity contribution in [1.82, 2.24) is 0 Å². The molecule has 0 N–H and O–H groups in total. The van der Waals surface area contributed by atoms with E-state index in [4.69, 9.17) is 20.9 Å². The highest BCUT2D eigenvalue weighted by molar-refractivity contribution is 6.62. The van der Waals surface area contributed by atoms with Gasteiger partial charge < -0.3 is 14.2 Å². The molecule has 1 aromatic rings. The molecular weight excluding hydrogens is 279 g/mol. The summed E-state index contributed by atoms with van der Waals surface area (Å²) in [6.07, 6.45) is 0. The van der Waals surface area contributed by atoms with Crippen molar-refractivity contribution in [2.75, 3.05) is 19.0 Å². The van der Waals surface area contributed by atoms with E-state index < -0.39 is 24.1 Å². The Morgan fingerprint density at radius 2 is 1.60 bits per heavy atom. The van der Waals surface area contributed by atoms with Gasteiger partial charge in [-0.15, -0.1) is 0 Å². The molecule has 0 aliphatic carbocycles. The van der Waals surface area contributed by atoms with Crippen molar-refractivity contribution in [3.8, 4) is 0 Å². The van der Waals surface area contributed by atoms with Crippen LogP contribution in [0.2, 0.25) is 5.02 Å². The molecule has 1 aliphatic rings. The van der Waals surface area contributed by atoms with Gasteiger partial charge in [-0.3, -0.25) is 0 Å². The first-order valence-corrected chi connectivity index (χ1v) is 6.95. The normalized spacial score (nSPS) is 20.3. The SMILES string of the molecule is CN(C)c1c(Cl)ccc(B2OC(C)(C)C(C)(C)O2)c1F. The van der Waals surface area contributed by atoms with E-state index in [1.165, 1.54) is 0 Å². The zero-order valence-electron chi connectivity index (χ0n) is 12.8. The summed E-state index contributed by atoms with van der Waals surface area (Å²) in [6.45, 7) is 7.75. The van der Waals surface area contributed by atoms with Crippen molar-refractivity contribution < 1.29 is 13.7 Å². The first kappa shape index (κ1) is 15.6. The highest BCUT2D eigenvalue weighted by atomic mass is 35.5. The van der Waals surface area contributed by atoms with Crippen LogP contribution in [-0.4, -0.2) is 32.4 Å². The molecule has 20 heavy (non-hydrogen) atoms. The maximum absolute atomic E-state index is 14.7. The van der Waals surface area contributed by atoms with E-state index in [2.05, 4.69) is 0 Å². The fourth-order valence-electron chi connectivity index (χ4n) is 2.12. The Kier molecular flexibility index (Phi) is 3.82. The Morgan fingerprint density at radius 3 is 2.05 bits per heavy atom. The Labute approximate surface area is 125 Å². The van der Waals surface area contributed by atoms with E-state index in [1.807, 2.05) is 27.7 Å². The lowest BCUT2D eigenvalue weighted by atomic mass is 9.78. The second-order valence-electron chi connectivity index (χ2n) is 6.28. The second kappa shape index (κ2) is 4.90. The summed E-state index contributed by atoms with van der Waals surface area (Å²) in [7, 11) is 2.77. The van der Waals surface area contributed by atoms with Gasteiger partial charge in [0.2, 0.25) is 0 Å². The van der Waals surface area contributed by atoms with E-state index >= 15 is 0 Å². The minimum Gasteiger partial charge on any atom is -0.399 e. The van der Waals surface area contributed by atoms with E-state index in [1.54, 1.807) is 31.1 Å². The molecule has 0 unspecified atom stereocenters. The topological polar surface area (TPSA) is 21.7 Å². The number of nitrogens with zero attached hydrogens (tertiary/aromatic N) is 1. The maximum Gasteiger partial charge on any atom is 0.497 e. The number of benzene rings is 1. The lowest BCUT2D eigenvalue weighted by Gasteiger charge is -2.32. The Hall–Kier alpha value is -0.775. The molecule has 1 fully saturated rings. The quantitative estimate of drug-likeness (QED) is 0.784. The Balaban J connectivity index is 2.44. The summed E-state index contributed by atoms with van der Waals surface area (Å²) in [5, 5.41) is 0.368. The molecule has 0 amide bonds. The van der Waals surface area contributed by atoms with Crippen molar-refractivity contribution in [1.29, 1.82) is 0 Å². The minimum atomic E-state index is -0.726. The molecule has 2 rings (SSSR count). The molecule has 0 saturated carbocycles. The highest BCUT2D eigenvalue weighted by Crippen LogP contribution is 2.37. The van der Waals surface area contributed by atoms with Crippen molar-refractivity contribution in [2.24, 2.45) is 0 Å². The summed E-state index contributed by atoms with van der Waals surface area (Å²) in [6, 6.07) is 3.28. The van der Waals surface area contributed by atoms with Crippen LogP contribution in [0.25, 0.3) is 0 Å². The summed E-state index contributed by atoms with van der Waals surface area (Å²) in [5.74, 6) is -0.402. The van der Waals surface area contributed by atoms with Crippen LogP contribution < -0.4 is 10.4 Å². The molecule has 1 aromatic carbocycles. The van der Waals surface area contributed by atoms with Crippen LogP contribution in [0.4, 0.5) is 10.1 Å². The predicted molar refractivity (Wildman–Crippen MR) is 81.5 cm³/mol.